The van der Waals surface area contributed by atoms with Crippen molar-refractivity contribution < 1.29 is 32.0 Å². The van der Waals surface area contributed by atoms with Gasteiger partial charge in [0.05, 0.1) is 11.5 Å². The predicted octanol–water partition coefficient (Wildman–Crippen LogP) is 4.66. The molecule has 39 heavy (non-hydrogen) atoms. The number of carbonyl (C=O) groups excluding carboxylic acids is 2. The lowest BCUT2D eigenvalue weighted by atomic mass is 9.86. The molecular weight excluding hydrogens is 513 g/mol. The maximum absolute atomic E-state index is 13.7. The van der Waals surface area contributed by atoms with E-state index < -0.39 is 23.7 Å². The Morgan fingerprint density at radius 3 is 2.54 bits per heavy atom. The van der Waals surface area contributed by atoms with Crippen LogP contribution in [0.4, 0.5) is 35.2 Å². The highest BCUT2D eigenvalue weighted by molar-refractivity contribution is 6.02. The van der Waals surface area contributed by atoms with Crippen LogP contribution in [0.2, 0.25) is 0 Å². The number of hydrogen-bond donors (Lipinski definition) is 3. The Kier molecular flexibility index (Phi) is 7.56. The van der Waals surface area contributed by atoms with Crippen LogP contribution in [-0.4, -0.2) is 29.8 Å². The zero-order chi connectivity index (χ0) is 27.6. The Morgan fingerprint density at radius 2 is 1.82 bits per heavy atom. The minimum absolute atomic E-state index is 0.0487. The van der Waals surface area contributed by atoms with Gasteiger partial charge in [-0.15, -0.1) is 0 Å². The van der Waals surface area contributed by atoms with E-state index in [9.17, 15) is 22.8 Å². The molecule has 3 amide bonds. The van der Waals surface area contributed by atoms with Crippen molar-refractivity contribution >= 4 is 29.2 Å². The second kappa shape index (κ2) is 11.0. The molecule has 0 radical (unpaired) electrons. The molecule has 5 rings (SSSR count). The topological polar surface area (TPSA) is 117 Å². The molecule has 1 saturated heterocycles. The standard InChI is InChI=1S/C27H29F3N6O3/c28-27(29,30)19-12-21(14-22(13-19)36-11-10-23(25(36)37)18-4-2-1-3-5-18)32-26(38)33-24-16-35(34-39-24)15-17-6-8-20(31)9-7-17/h1-5,12-14,16-17,20,23H,6-11,15,31H2,(H-,32,33,34,38)/p+1. The highest BCUT2D eigenvalue weighted by Gasteiger charge is 2.36. The van der Waals surface area contributed by atoms with Gasteiger partial charge in [-0.05, 0) is 55.9 Å². The second-order valence-electron chi connectivity index (χ2n) is 10.2. The van der Waals surface area contributed by atoms with Gasteiger partial charge in [0.15, 0.2) is 6.54 Å². The summed E-state index contributed by atoms with van der Waals surface area (Å²) in [5.41, 5.74) is 5.74. The molecule has 1 saturated carbocycles. The third-order valence-electron chi connectivity index (χ3n) is 7.31. The fourth-order valence-electron chi connectivity index (χ4n) is 5.26. The number of halogens is 3. The third-order valence-corrected chi connectivity index (χ3v) is 7.31. The van der Waals surface area contributed by atoms with Crippen LogP contribution >= 0.6 is 0 Å². The Bertz CT molecular complexity index is 1320. The third kappa shape index (κ3) is 6.39. The number of aromatic nitrogens is 2. The van der Waals surface area contributed by atoms with Crippen molar-refractivity contribution in [2.45, 2.75) is 56.8 Å². The average molecular weight is 544 g/mol. The van der Waals surface area contributed by atoms with Crippen molar-refractivity contribution in [3.63, 3.8) is 0 Å². The smallest absolute Gasteiger partial charge is 0.328 e. The first-order chi connectivity index (χ1) is 18.7. The van der Waals surface area contributed by atoms with Gasteiger partial charge in [0.2, 0.25) is 11.2 Å². The van der Waals surface area contributed by atoms with Crippen molar-refractivity contribution in [1.29, 1.82) is 0 Å². The van der Waals surface area contributed by atoms with Gasteiger partial charge < -0.3 is 16.0 Å². The summed E-state index contributed by atoms with van der Waals surface area (Å²) in [4.78, 5) is 27.1. The van der Waals surface area contributed by atoms with Gasteiger partial charge in [0, 0.05) is 29.9 Å². The van der Waals surface area contributed by atoms with Crippen LogP contribution in [0, 0.1) is 5.92 Å². The molecule has 2 aliphatic rings. The van der Waals surface area contributed by atoms with E-state index in [-0.39, 0.29) is 35.8 Å². The second-order valence-corrected chi connectivity index (χ2v) is 10.2. The maximum atomic E-state index is 13.7. The molecule has 0 spiro atoms. The Hall–Kier alpha value is -3.93. The molecule has 206 valence electrons. The van der Waals surface area contributed by atoms with Gasteiger partial charge in [0.1, 0.15) is 0 Å². The number of nitrogens with zero attached hydrogens (tertiary/aromatic N) is 3. The first-order valence-corrected chi connectivity index (χ1v) is 12.9. The zero-order valence-electron chi connectivity index (χ0n) is 21.2. The number of urea groups is 1. The summed E-state index contributed by atoms with van der Waals surface area (Å²) in [5, 5.41) is 8.80. The molecule has 9 nitrogen and oxygen atoms in total. The van der Waals surface area contributed by atoms with E-state index in [0.29, 0.717) is 18.9 Å². The zero-order valence-corrected chi connectivity index (χ0v) is 21.2. The summed E-state index contributed by atoms with van der Waals surface area (Å²) < 4.78 is 47.9. The average Bonchev–Trinajstić information content (AvgIpc) is 3.51. The first-order valence-electron chi connectivity index (χ1n) is 12.9. The number of alkyl halides is 3. The normalized spacial score (nSPS) is 21.7. The monoisotopic (exact) mass is 543 g/mol. The Labute approximate surface area is 223 Å². The van der Waals surface area contributed by atoms with E-state index in [4.69, 9.17) is 10.3 Å². The van der Waals surface area contributed by atoms with Gasteiger partial charge in [0.25, 0.3) is 6.20 Å². The van der Waals surface area contributed by atoms with Crippen molar-refractivity contribution in [2.24, 2.45) is 11.7 Å². The fraction of sp³-hybridized carbons (Fsp3) is 0.407. The van der Waals surface area contributed by atoms with Gasteiger partial charge in [-0.2, -0.15) is 13.2 Å². The summed E-state index contributed by atoms with van der Waals surface area (Å²) in [7, 11) is 0. The number of anilines is 3. The Balaban J connectivity index is 1.28. The molecule has 2 fully saturated rings. The lowest BCUT2D eigenvalue weighted by molar-refractivity contribution is -0.767. The predicted molar refractivity (Wildman–Crippen MR) is 137 cm³/mol. The van der Waals surface area contributed by atoms with Crippen LogP contribution in [0.5, 0.6) is 0 Å². The van der Waals surface area contributed by atoms with E-state index in [1.54, 1.807) is 4.68 Å². The Morgan fingerprint density at radius 1 is 1.08 bits per heavy atom. The molecule has 4 N–H and O–H groups in total. The van der Waals surface area contributed by atoms with Crippen LogP contribution in [0.25, 0.3) is 0 Å². The molecular formula is C27H30F3N6O3+. The number of benzene rings is 2. The number of amides is 3. The molecule has 2 aromatic carbocycles. The minimum atomic E-state index is -4.68. The van der Waals surface area contributed by atoms with Crippen molar-refractivity contribution in [1.82, 2.24) is 5.27 Å². The molecule has 1 aromatic heterocycles. The van der Waals surface area contributed by atoms with E-state index >= 15 is 0 Å². The van der Waals surface area contributed by atoms with Crippen LogP contribution in [0.15, 0.2) is 59.3 Å². The minimum Gasteiger partial charge on any atom is -0.328 e. The fourth-order valence-corrected chi connectivity index (χ4v) is 5.26. The summed E-state index contributed by atoms with van der Waals surface area (Å²) in [6, 6.07) is 11.7. The molecule has 1 aliphatic carbocycles. The van der Waals surface area contributed by atoms with Gasteiger partial charge in [-0.1, -0.05) is 35.0 Å². The summed E-state index contributed by atoms with van der Waals surface area (Å²) in [5.74, 6) is -0.279. The molecule has 2 heterocycles. The summed E-state index contributed by atoms with van der Waals surface area (Å²) >= 11 is 0. The molecule has 0 bridgehead atoms. The summed E-state index contributed by atoms with van der Waals surface area (Å²) in [6.45, 7) is 0.876. The van der Waals surface area contributed by atoms with E-state index in [1.165, 1.54) is 17.2 Å². The van der Waals surface area contributed by atoms with E-state index in [0.717, 1.165) is 43.4 Å². The van der Waals surface area contributed by atoms with Gasteiger partial charge >= 0.3 is 18.1 Å². The number of hydrogen-bond acceptors (Lipinski definition) is 5. The van der Waals surface area contributed by atoms with Gasteiger partial charge in [-0.3, -0.25) is 14.6 Å². The van der Waals surface area contributed by atoms with Crippen molar-refractivity contribution in [3.05, 3.63) is 65.9 Å². The number of carbonyl (C=O) groups is 2. The number of nitrogens with two attached hydrogens (primary N) is 1. The van der Waals surface area contributed by atoms with E-state index in [2.05, 4.69) is 15.9 Å². The van der Waals surface area contributed by atoms with Gasteiger partial charge in [-0.25, -0.2) is 4.79 Å². The van der Waals surface area contributed by atoms with Crippen LogP contribution in [0.1, 0.15) is 49.1 Å². The first kappa shape index (κ1) is 26.7. The molecule has 12 heteroatoms. The van der Waals surface area contributed by atoms with Crippen molar-refractivity contribution in [2.75, 3.05) is 22.1 Å². The molecule has 1 unspecified atom stereocenters. The lowest BCUT2D eigenvalue weighted by Gasteiger charge is -2.22. The quantitative estimate of drug-likeness (QED) is 0.391. The molecule has 3 aromatic rings. The van der Waals surface area contributed by atoms with Crippen LogP contribution in [0.3, 0.4) is 0 Å². The maximum Gasteiger partial charge on any atom is 0.416 e. The molecule has 1 aliphatic heterocycles. The summed E-state index contributed by atoms with van der Waals surface area (Å²) in [6.07, 6.45) is 1.18. The highest BCUT2D eigenvalue weighted by atomic mass is 19.4. The lowest BCUT2D eigenvalue weighted by Crippen LogP contribution is -2.40. The highest BCUT2D eigenvalue weighted by Crippen LogP contribution is 2.38. The van der Waals surface area contributed by atoms with E-state index in [1.807, 2.05) is 30.3 Å². The van der Waals surface area contributed by atoms with Crippen LogP contribution in [-0.2, 0) is 17.5 Å². The molecule has 1 atom stereocenters. The van der Waals surface area contributed by atoms with Crippen molar-refractivity contribution in [3.8, 4) is 0 Å². The number of nitrogens with one attached hydrogen (secondary N) is 2. The largest absolute Gasteiger partial charge is 0.416 e. The van der Waals surface area contributed by atoms with Crippen LogP contribution < -0.4 is 25.9 Å². The SMILES string of the molecule is NC1CCC(C[n+]2cc(NC(=O)Nc3cc(N4CCC(c5ccccc5)C4=O)cc(C(F)(F)F)c3)on2)CC1. The number of rotatable bonds is 6.